The van der Waals surface area contributed by atoms with Crippen LogP contribution in [0, 0.1) is 0 Å². The lowest BCUT2D eigenvalue weighted by Crippen LogP contribution is -2.17. The molecule has 0 N–H and O–H groups in total. The second-order valence-electron chi connectivity index (χ2n) is 3.91. The molecule has 3 nitrogen and oxygen atoms in total. The van der Waals surface area contributed by atoms with Crippen LogP contribution >= 0.6 is 0 Å². The van der Waals surface area contributed by atoms with Crippen LogP contribution in [0.1, 0.15) is 32.1 Å². The Bertz CT molecular complexity index is 255. The van der Waals surface area contributed by atoms with Crippen molar-refractivity contribution in [3.05, 3.63) is 24.3 Å². The molecule has 2 atom stereocenters. The highest BCUT2D eigenvalue weighted by molar-refractivity contribution is 5.63. The van der Waals surface area contributed by atoms with Crippen LogP contribution in [-0.4, -0.2) is 18.4 Å². The summed E-state index contributed by atoms with van der Waals surface area (Å²) < 4.78 is 10.1. The lowest BCUT2D eigenvalue weighted by Gasteiger charge is -2.06. The van der Waals surface area contributed by atoms with Gasteiger partial charge in [0.15, 0.2) is 12.2 Å². The van der Waals surface area contributed by atoms with E-state index in [1.807, 2.05) is 12.2 Å². The largest absolute Gasteiger partial charge is 0.509 e. The zero-order valence-corrected chi connectivity index (χ0v) is 8.72. The van der Waals surface area contributed by atoms with Gasteiger partial charge in [0.2, 0.25) is 0 Å². The second kappa shape index (κ2) is 5.01. The molecule has 2 unspecified atom stereocenters. The summed E-state index contributed by atoms with van der Waals surface area (Å²) >= 11 is 0. The van der Waals surface area contributed by atoms with E-state index < -0.39 is 6.16 Å². The molecule has 15 heavy (non-hydrogen) atoms. The molecule has 1 aliphatic heterocycles. The monoisotopic (exact) mass is 208 g/mol. The highest BCUT2D eigenvalue weighted by Gasteiger charge is 2.32. The van der Waals surface area contributed by atoms with Crippen LogP contribution in [0.25, 0.3) is 0 Å². The Hall–Kier alpha value is -1.25. The predicted octanol–water partition coefficient (Wildman–Crippen LogP) is 2.97. The van der Waals surface area contributed by atoms with E-state index in [4.69, 9.17) is 9.47 Å². The Morgan fingerprint density at radius 3 is 2.00 bits per heavy atom. The number of fused-ring (bicyclic) bond motifs is 1. The number of carbonyl (C=O) groups excluding carboxylic acids is 1. The molecule has 0 aromatic rings. The maximum absolute atomic E-state index is 11.0. The van der Waals surface area contributed by atoms with Crippen molar-refractivity contribution < 1.29 is 14.3 Å². The Labute approximate surface area is 89.8 Å². The van der Waals surface area contributed by atoms with Crippen molar-refractivity contribution in [3.63, 3.8) is 0 Å². The van der Waals surface area contributed by atoms with Crippen LogP contribution in [0.5, 0.6) is 0 Å². The normalized spacial score (nSPS) is 35.6. The average molecular weight is 208 g/mol. The van der Waals surface area contributed by atoms with Crippen LogP contribution in [-0.2, 0) is 9.47 Å². The molecule has 0 aromatic carbocycles. The van der Waals surface area contributed by atoms with Gasteiger partial charge < -0.3 is 9.47 Å². The zero-order chi connectivity index (χ0) is 10.5. The SMILES string of the molecule is O=C1OC2/C=C\CCCCC/C=C\C2O1. The highest BCUT2D eigenvalue weighted by atomic mass is 16.8. The number of hydrogen-bond acceptors (Lipinski definition) is 3. The van der Waals surface area contributed by atoms with Crippen LogP contribution < -0.4 is 0 Å². The summed E-state index contributed by atoms with van der Waals surface area (Å²) in [4.78, 5) is 11.0. The number of hydrogen-bond donors (Lipinski definition) is 0. The minimum atomic E-state index is -0.559. The summed E-state index contributed by atoms with van der Waals surface area (Å²) in [5, 5.41) is 0. The summed E-state index contributed by atoms with van der Waals surface area (Å²) in [6.45, 7) is 0. The predicted molar refractivity (Wildman–Crippen MR) is 56.5 cm³/mol. The number of allylic oxidation sites excluding steroid dienone is 2. The smallest absolute Gasteiger partial charge is 0.422 e. The van der Waals surface area contributed by atoms with Gasteiger partial charge in [0.05, 0.1) is 0 Å². The van der Waals surface area contributed by atoms with E-state index in [0.717, 1.165) is 12.8 Å². The first kappa shape index (κ1) is 10.3. The molecule has 1 fully saturated rings. The average Bonchev–Trinajstić information content (AvgIpc) is 2.54. The van der Waals surface area contributed by atoms with E-state index in [0.29, 0.717) is 0 Å². The lowest BCUT2D eigenvalue weighted by atomic mass is 10.1. The number of carbonyl (C=O) groups is 1. The topological polar surface area (TPSA) is 35.5 Å². The molecule has 82 valence electrons. The molecule has 0 spiro atoms. The highest BCUT2D eigenvalue weighted by Crippen LogP contribution is 2.19. The van der Waals surface area contributed by atoms with Gasteiger partial charge in [-0.15, -0.1) is 0 Å². The fraction of sp³-hybridized carbons (Fsp3) is 0.583. The van der Waals surface area contributed by atoms with Crippen molar-refractivity contribution in [2.45, 2.75) is 44.3 Å². The standard InChI is InChI=1S/C12H16O3/c13-12-14-10-8-6-4-2-1-3-5-7-9-11(10)15-12/h6-11H,1-5H2/b8-6-,9-7-. The van der Waals surface area contributed by atoms with Gasteiger partial charge in [0.25, 0.3) is 0 Å². The first-order chi connectivity index (χ1) is 7.36. The molecule has 2 rings (SSSR count). The van der Waals surface area contributed by atoms with Crippen LogP contribution in [0.3, 0.4) is 0 Å². The lowest BCUT2D eigenvalue weighted by molar-refractivity contribution is 0.122. The summed E-state index contributed by atoms with van der Waals surface area (Å²) in [7, 11) is 0. The van der Waals surface area contributed by atoms with Gasteiger partial charge in [-0.25, -0.2) is 4.79 Å². The molecular weight excluding hydrogens is 192 g/mol. The molecule has 0 saturated carbocycles. The summed E-state index contributed by atoms with van der Waals surface area (Å²) in [5.74, 6) is 0. The van der Waals surface area contributed by atoms with Crippen molar-refractivity contribution >= 4 is 6.16 Å². The van der Waals surface area contributed by atoms with Crippen LogP contribution in [0.4, 0.5) is 4.79 Å². The zero-order valence-electron chi connectivity index (χ0n) is 8.72. The minimum Gasteiger partial charge on any atom is -0.422 e. The summed E-state index contributed by atoms with van der Waals surface area (Å²) in [6.07, 6.45) is 12.8. The number of rotatable bonds is 0. The Kier molecular flexibility index (Phi) is 3.43. The van der Waals surface area contributed by atoms with Gasteiger partial charge in [-0.05, 0) is 37.8 Å². The Balaban J connectivity index is 2.04. The van der Waals surface area contributed by atoms with Gasteiger partial charge in [0.1, 0.15) is 0 Å². The molecule has 0 radical (unpaired) electrons. The molecular formula is C12H16O3. The molecule has 0 amide bonds. The van der Waals surface area contributed by atoms with E-state index >= 15 is 0 Å². The molecule has 3 heteroatoms. The molecule has 0 aromatic heterocycles. The second-order valence-corrected chi connectivity index (χ2v) is 3.91. The van der Waals surface area contributed by atoms with Crippen LogP contribution in [0.2, 0.25) is 0 Å². The van der Waals surface area contributed by atoms with Crippen LogP contribution in [0.15, 0.2) is 24.3 Å². The molecule has 0 bridgehead atoms. The Morgan fingerprint density at radius 1 is 0.933 bits per heavy atom. The fourth-order valence-corrected chi connectivity index (χ4v) is 1.84. The summed E-state index contributed by atoms with van der Waals surface area (Å²) in [6, 6.07) is 0. The Morgan fingerprint density at radius 2 is 1.47 bits per heavy atom. The van der Waals surface area contributed by atoms with E-state index in [1.54, 1.807) is 0 Å². The van der Waals surface area contributed by atoms with Crippen molar-refractivity contribution in [2.75, 3.05) is 0 Å². The van der Waals surface area contributed by atoms with Gasteiger partial charge in [-0.1, -0.05) is 18.6 Å². The van der Waals surface area contributed by atoms with Crippen molar-refractivity contribution in [3.8, 4) is 0 Å². The summed E-state index contributed by atoms with van der Waals surface area (Å²) in [5.41, 5.74) is 0. The molecule has 1 heterocycles. The first-order valence-electron chi connectivity index (χ1n) is 5.57. The van der Waals surface area contributed by atoms with E-state index in [2.05, 4.69) is 12.2 Å². The third-order valence-electron chi connectivity index (χ3n) is 2.68. The van der Waals surface area contributed by atoms with E-state index in [-0.39, 0.29) is 12.2 Å². The van der Waals surface area contributed by atoms with E-state index in [9.17, 15) is 4.79 Å². The molecule has 1 saturated heterocycles. The van der Waals surface area contributed by atoms with Gasteiger partial charge in [0, 0.05) is 0 Å². The quantitative estimate of drug-likeness (QED) is 0.453. The third kappa shape index (κ3) is 2.85. The maximum Gasteiger partial charge on any atom is 0.509 e. The number of ether oxygens (including phenoxy) is 2. The van der Waals surface area contributed by atoms with Gasteiger partial charge >= 0.3 is 6.16 Å². The maximum atomic E-state index is 11.0. The molecule has 2 aliphatic rings. The first-order valence-corrected chi connectivity index (χ1v) is 5.57. The third-order valence-corrected chi connectivity index (χ3v) is 2.68. The molecule has 1 aliphatic carbocycles. The van der Waals surface area contributed by atoms with E-state index in [1.165, 1.54) is 19.3 Å². The minimum absolute atomic E-state index is 0.230. The van der Waals surface area contributed by atoms with Crippen molar-refractivity contribution in [1.29, 1.82) is 0 Å². The van der Waals surface area contributed by atoms with Crippen molar-refractivity contribution in [2.24, 2.45) is 0 Å². The van der Waals surface area contributed by atoms with Gasteiger partial charge in [-0.3, -0.25) is 0 Å². The fourth-order valence-electron chi connectivity index (χ4n) is 1.84. The van der Waals surface area contributed by atoms with Gasteiger partial charge in [-0.2, -0.15) is 0 Å². The van der Waals surface area contributed by atoms with Crippen molar-refractivity contribution in [1.82, 2.24) is 0 Å².